The van der Waals surface area contributed by atoms with Gasteiger partial charge in [-0.15, -0.1) is 0 Å². The molecule has 0 radical (unpaired) electrons. The van der Waals surface area contributed by atoms with Crippen LogP contribution < -0.4 is 19.7 Å². The molecule has 178 valence electrons. The smallest absolute Gasteiger partial charge is 0.227 e. The molecule has 34 heavy (non-hydrogen) atoms. The number of ether oxygens (including phenoxy) is 2. The number of hydrogen-bond donors (Lipinski definition) is 1. The Hall–Kier alpha value is -3.88. The number of aromatic nitrogens is 2. The highest BCUT2D eigenvalue weighted by Gasteiger charge is 2.36. The number of carbonyl (C=O) groups excluding carboxylic acids is 2. The van der Waals surface area contributed by atoms with Gasteiger partial charge in [0.25, 0.3) is 0 Å². The molecule has 1 aliphatic rings. The van der Waals surface area contributed by atoms with Gasteiger partial charge < -0.3 is 19.7 Å². The second-order valence-corrected chi connectivity index (χ2v) is 8.25. The highest BCUT2D eigenvalue weighted by Crippen LogP contribution is 2.34. The molecular formula is C25H27FN4O4. The summed E-state index contributed by atoms with van der Waals surface area (Å²) in [6.45, 7) is 4.05. The summed E-state index contributed by atoms with van der Waals surface area (Å²) in [6.07, 6.45) is 1.82. The number of benzene rings is 2. The van der Waals surface area contributed by atoms with E-state index in [0.29, 0.717) is 17.2 Å². The van der Waals surface area contributed by atoms with Crippen LogP contribution in [0.2, 0.25) is 0 Å². The van der Waals surface area contributed by atoms with E-state index in [9.17, 15) is 14.0 Å². The molecule has 2 aromatic carbocycles. The molecule has 2 unspecified atom stereocenters. The van der Waals surface area contributed by atoms with Gasteiger partial charge in [-0.25, -0.2) is 9.07 Å². The molecule has 1 fully saturated rings. The van der Waals surface area contributed by atoms with Crippen molar-refractivity contribution < 1.29 is 23.5 Å². The monoisotopic (exact) mass is 466 g/mol. The van der Waals surface area contributed by atoms with Crippen molar-refractivity contribution >= 4 is 17.5 Å². The van der Waals surface area contributed by atoms with Gasteiger partial charge in [-0.2, -0.15) is 5.10 Å². The lowest BCUT2D eigenvalue weighted by Crippen LogP contribution is -2.34. The maximum absolute atomic E-state index is 13.2. The van der Waals surface area contributed by atoms with E-state index < -0.39 is 5.92 Å². The van der Waals surface area contributed by atoms with Crippen molar-refractivity contribution in [1.29, 1.82) is 0 Å². The first-order valence-corrected chi connectivity index (χ1v) is 11.0. The Labute approximate surface area is 197 Å². The number of carbonyl (C=O) groups is 2. The highest BCUT2D eigenvalue weighted by atomic mass is 19.1. The van der Waals surface area contributed by atoms with Crippen LogP contribution >= 0.6 is 0 Å². The van der Waals surface area contributed by atoms with E-state index in [1.54, 1.807) is 53.2 Å². The number of anilines is 1. The molecule has 8 nitrogen and oxygen atoms in total. The molecule has 1 aliphatic heterocycles. The Morgan fingerprint density at radius 1 is 1.12 bits per heavy atom. The molecule has 1 aromatic heterocycles. The third-order valence-corrected chi connectivity index (χ3v) is 6.12. The lowest BCUT2D eigenvalue weighted by Gasteiger charge is -2.19. The Bertz CT molecular complexity index is 1210. The van der Waals surface area contributed by atoms with Gasteiger partial charge in [-0.05, 0) is 50.2 Å². The molecule has 0 saturated carbocycles. The first-order chi connectivity index (χ1) is 16.3. The number of methoxy groups -OCH3 is 2. The molecule has 3 aromatic rings. The summed E-state index contributed by atoms with van der Waals surface area (Å²) < 4.78 is 25.5. The maximum atomic E-state index is 13.2. The molecule has 0 bridgehead atoms. The Balaban J connectivity index is 1.44. The SMILES string of the molecule is COc1ccc(N2CC(C(=O)NC(C)c3cnn(-c4ccc(F)cc4)c3C)CC2=O)cc1OC. The lowest BCUT2D eigenvalue weighted by atomic mass is 10.1. The largest absolute Gasteiger partial charge is 0.493 e. The van der Waals surface area contributed by atoms with Crippen LogP contribution in [0, 0.1) is 18.7 Å². The lowest BCUT2D eigenvalue weighted by molar-refractivity contribution is -0.126. The highest BCUT2D eigenvalue weighted by molar-refractivity contribution is 6.00. The van der Waals surface area contributed by atoms with Crippen LogP contribution in [0.25, 0.3) is 5.69 Å². The van der Waals surface area contributed by atoms with E-state index in [1.807, 2.05) is 13.8 Å². The average molecular weight is 467 g/mol. The van der Waals surface area contributed by atoms with Gasteiger partial charge in [0, 0.05) is 36.0 Å². The predicted molar refractivity (Wildman–Crippen MR) is 125 cm³/mol. The zero-order chi connectivity index (χ0) is 24.4. The molecule has 2 atom stereocenters. The number of amides is 2. The Morgan fingerprint density at radius 2 is 1.79 bits per heavy atom. The third-order valence-electron chi connectivity index (χ3n) is 6.12. The number of rotatable bonds is 7. The zero-order valence-electron chi connectivity index (χ0n) is 19.5. The molecule has 2 heterocycles. The molecule has 1 N–H and O–H groups in total. The van der Waals surface area contributed by atoms with Crippen molar-refractivity contribution in [3.05, 3.63) is 65.7 Å². The first-order valence-electron chi connectivity index (χ1n) is 11.0. The molecule has 0 spiro atoms. The second-order valence-electron chi connectivity index (χ2n) is 8.25. The fourth-order valence-corrected chi connectivity index (χ4v) is 4.22. The molecule has 9 heteroatoms. The fourth-order valence-electron chi connectivity index (χ4n) is 4.22. The van der Waals surface area contributed by atoms with Gasteiger partial charge in [0.2, 0.25) is 11.8 Å². The molecular weight excluding hydrogens is 439 g/mol. The minimum absolute atomic E-state index is 0.125. The van der Waals surface area contributed by atoms with E-state index in [2.05, 4.69) is 10.4 Å². The van der Waals surface area contributed by atoms with Crippen LogP contribution in [-0.2, 0) is 9.59 Å². The van der Waals surface area contributed by atoms with Crippen LogP contribution in [0.4, 0.5) is 10.1 Å². The standard InChI is InChI=1S/C25H27FN4O4/c1-15(21-13-27-30(16(21)2)19-7-5-18(26)6-8-19)28-25(32)17-11-24(31)29(14-17)20-9-10-22(33-3)23(12-20)34-4/h5-10,12-13,15,17H,11,14H2,1-4H3,(H,28,32). The van der Waals surface area contributed by atoms with E-state index in [0.717, 1.165) is 16.9 Å². The van der Waals surface area contributed by atoms with Gasteiger partial charge in [-0.1, -0.05) is 0 Å². The third kappa shape index (κ3) is 4.46. The van der Waals surface area contributed by atoms with Gasteiger partial charge in [0.15, 0.2) is 11.5 Å². The van der Waals surface area contributed by atoms with Gasteiger partial charge in [0.05, 0.1) is 38.1 Å². The summed E-state index contributed by atoms with van der Waals surface area (Å²) in [6, 6.07) is 11.0. The summed E-state index contributed by atoms with van der Waals surface area (Å²) in [5, 5.41) is 7.40. The van der Waals surface area contributed by atoms with Gasteiger partial charge in [-0.3, -0.25) is 9.59 Å². The second kappa shape index (κ2) is 9.54. The topological polar surface area (TPSA) is 85.7 Å². The minimum Gasteiger partial charge on any atom is -0.493 e. The quantitative estimate of drug-likeness (QED) is 0.576. The molecule has 4 rings (SSSR count). The van der Waals surface area contributed by atoms with Crippen LogP contribution in [0.3, 0.4) is 0 Å². The van der Waals surface area contributed by atoms with Crippen molar-refractivity contribution in [3.8, 4) is 17.2 Å². The number of nitrogens with zero attached hydrogens (tertiary/aromatic N) is 3. The van der Waals surface area contributed by atoms with E-state index in [4.69, 9.17) is 9.47 Å². The molecule has 1 saturated heterocycles. The number of halogens is 1. The van der Waals surface area contributed by atoms with E-state index in [-0.39, 0.29) is 36.6 Å². The summed E-state index contributed by atoms with van der Waals surface area (Å²) in [5.41, 5.74) is 3.07. The summed E-state index contributed by atoms with van der Waals surface area (Å²) in [5.74, 6) is -0.0308. The summed E-state index contributed by atoms with van der Waals surface area (Å²) >= 11 is 0. The van der Waals surface area contributed by atoms with Crippen molar-refractivity contribution in [3.63, 3.8) is 0 Å². The Kier molecular flexibility index (Phi) is 6.54. The minimum atomic E-state index is -0.476. The van der Waals surface area contributed by atoms with Crippen LogP contribution in [0.1, 0.15) is 30.6 Å². The van der Waals surface area contributed by atoms with Crippen molar-refractivity contribution in [2.45, 2.75) is 26.3 Å². The van der Waals surface area contributed by atoms with Gasteiger partial charge in [0.1, 0.15) is 5.82 Å². The van der Waals surface area contributed by atoms with Crippen LogP contribution in [-0.4, -0.2) is 42.4 Å². The zero-order valence-corrected chi connectivity index (χ0v) is 19.5. The van der Waals surface area contributed by atoms with Crippen molar-refractivity contribution in [2.75, 3.05) is 25.7 Å². The van der Waals surface area contributed by atoms with Crippen LogP contribution in [0.15, 0.2) is 48.7 Å². The molecule has 0 aliphatic carbocycles. The van der Waals surface area contributed by atoms with E-state index in [1.165, 1.54) is 19.2 Å². The van der Waals surface area contributed by atoms with Crippen molar-refractivity contribution in [2.24, 2.45) is 5.92 Å². The normalized spacial score (nSPS) is 16.4. The number of nitrogens with one attached hydrogen (secondary N) is 1. The van der Waals surface area contributed by atoms with Gasteiger partial charge >= 0.3 is 0 Å². The first kappa shape index (κ1) is 23.3. The summed E-state index contributed by atoms with van der Waals surface area (Å²) in [7, 11) is 3.08. The average Bonchev–Trinajstić information content (AvgIpc) is 3.42. The fraction of sp³-hybridized carbons (Fsp3) is 0.320. The number of hydrogen-bond acceptors (Lipinski definition) is 5. The summed E-state index contributed by atoms with van der Waals surface area (Å²) in [4.78, 5) is 27.3. The predicted octanol–water partition coefficient (Wildman–Crippen LogP) is 3.57. The van der Waals surface area contributed by atoms with Crippen molar-refractivity contribution in [1.82, 2.24) is 15.1 Å². The molecule has 2 amide bonds. The van der Waals surface area contributed by atoms with Crippen LogP contribution in [0.5, 0.6) is 11.5 Å². The van der Waals surface area contributed by atoms with E-state index >= 15 is 0 Å². The Morgan fingerprint density at radius 3 is 2.47 bits per heavy atom. The maximum Gasteiger partial charge on any atom is 0.227 e.